The van der Waals surface area contributed by atoms with Crippen molar-refractivity contribution < 1.29 is 19.2 Å². The second-order valence-corrected chi connectivity index (χ2v) is 10.7. The Balaban J connectivity index is 0.00000462. The highest BCUT2D eigenvalue weighted by Gasteiger charge is 2.34. The maximum atomic E-state index is 13.5. The number of fused-ring (bicyclic) bond motifs is 1. The van der Waals surface area contributed by atoms with Crippen LogP contribution in [0.5, 0.6) is 0 Å². The van der Waals surface area contributed by atoms with Gasteiger partial charge in [0.1, 0.15) is 0 Å². The first-order chi connectivity index (χ1) is 19.2. The number of aryl methyl sites for hydroxylation is 1. The summed E-state index contributed by atoms with van der Waals surface area (Å²) in [6.07, 6.45) is 3.11. The molecule has 222 valence electrons. The number of carbonyl (C=O) groups excluding carboxylic acids is 4. The van der Waals surface area contributed by atoms with E-state index in [2.05, 4.69) is 24.4 Å². The van der Waals surface area contributed by atoms with Gasteiger partial charge in [-0.05, 0) is 48.2 Å². The molecule has 1 saturated heterocycles. The molecule has 10 nitrogen and oxygen atoms in total. The van der Waals surface area contributed by atoms with Crippen LogP contribution in [0.4, 0.5) is 11.4 Å². The fourth-order valence-electron chi connectivity index (χ4n) is 5.32. The lowest BCUT2D eigenvalue weighted by atomic mass is 10.1. The molecule has 0 aromatic heterocycles. The topological polar surface area (TPSA) is 119 Å². The molecule has 41 heavy (non-hydrogen) atoms. The van der Waals surface area contributed by atoms with Gasteiger partial charge in [0.15, 0.2) is 0 Å². The lowest BCUT2D eigenvalue weighted by Crippen LogP contribution is -2.48. The molecule has 2 aliphatic rings. The largest absolute Gasteiger partial charge is 0.369 e. The van der Waals surface area contributed by atoms with Gasteiger partial charge in [0.2, 0.25) is 17.7 Å². The van der Waals surface area contributed by atoms with Crippen molar-refractivity contribution in [1.29, 1.82) is 0 Å². The van der Waals surface area contributed by atoms with Crippen LogP contribution < -0.4 is 20.9 Å². The van der Waals surface area contributed by atoms with Gasteiger partial charge in [0, 0.05) is 51.0 Å². The summed E-state index contributed by atoms with van der Waals surface area (Å²) in [5.41, 5.74) is 10.0. The summed E-state index contributed by atoms with van der Waals surface area (Å²) < 4.78 is 0. The van der Waals surface area contributed by atoms with Crippen molar-refractivity contribution in [2.24, 2.45) is 11.7 Å². The molecule has 1 unspecified atom stereocenters. The van der Waals surface area contributed by atoms with Crippen LogP contribution in [0.1, 0.15) is 56.7 Å². The molecule has 10 heteroatoms. The molecular formula is C31H44N6O4. The van der Waals surface area contributed by atoms with Gasteiger partial charge in [-0.2, -0.15) is 0 Å². The Morgan fingerprint density at radius 3 is 2.32 bits per heavy atom. The van der Waals surface area contributed by atoms with E-state index in [1.54, 1.807) is 27.9 Å². The molecule has 2 aliphatic heterocycles. The molecule has 4 rings (SSSR count). The van der Waals surface area contributed by atoms with Crippen LogP contribution in [0.25, 0.3) is 0 Å². The van der Waals surface area contributed by atoms with Crippen LogP contribution >= 0.6 is 0 Å². The Bertz CT molecular complexity index is 1240. The molecule has 0 saturated carbocycles. The quantitative estimate of drug-likeness (QED) is 0.383. The predicted molar refractivity (Wildman–Crippen MR) is 161 cm³/mol. The molecule has 2 aromatic rings. The van der Waals surface area contributed by atoms with Crippen molar-refractivity contribution in [3.63, 3.8) is 0 Å². The first-order valence-electron chi connectivity index (χ1n) is 14.0. The normalized spacial score (nSPS) is 16.2. The third kappa shape index (κ3) is 7.64. The van der Waals surface area contributed by atoms with Gasteiger partial charge in [-0.15, -0.1) is 0 Å². The summed E-state index contributed by atoms with van der Waals surface area (Å²) in [6, 6.07) is 13.6. The smallest absolute Gasteiger partial charge is 0.256 e. The average Bonchev–Trinajstić information content (AvgIpc) is 3.54. The number of hydrogen-bond acceptors (Lipinski definition) is 6. The summed E-state index contributed by atoms with van der Waals surface area (Å²) in [5, 5.41) is 6.61. The Morgan fingerprint density at radius 2 is 1.73 bits per heavy atom. The number of anilines is 2. The number of nitrogens with two attached hydrogens (primary N) is 1. The minimum atomic E-state index is -0.509. The third-order valence-corrected chi connectivity index (χ3v) is 7.73. The lowest BCUT2D eigenvalue weighted by Gasteiger charge is -2.32. The van der Waals surface area contributed by atoms with Crippen molar-refractivity contribution >= 4 is 35.0 Å². The van der Waals surface area contributed by atoms with E-state index < -0.39 is 11.8 Å². The van der Waals surface area contributed by atoms with Gasteiger partial charge < -0.3 is 20.9 Å². The minimum Gasteiger partial charge on any atom is -0.369 e. The number of nitrogens with zero attached hydrogens (tertiary/aromatic N) is 4. The highest BCUT2D eigenvalue weighted by molar-refractivity contribution is 6.00. The first-order valence-corrected chi connectivity index (χ1v) is 14.0. The van der Waals surface area contributed by atoms with Crippen molar-refractivity contribution in [3.05, 3.63) is 59.2 Å². The molecule has 0 spiro atoms. The van der Waals surface area contributed by atoms with Crippen LogP contribution in [0.2, 0.25) is 0 Å². The Kier molecular flexibility index (Phi) is 10.9. The molecule has 0 radical (unpaired) electrons. The highest BCUT2D eigenvalue weighted by Crippen LogP contribution is 2.30. The average molecular weight is 565 g/mol. The highest BCUT2D eigenvalue weighted by atomic mass is 16.2. The van der Waals surface area contributed by atoms with Crippen molar-refractivity contribution in [3.8, 4) is 0 Å². The van der Waals surface area contributed by atoms with Gasteiger partial charge in [-0.25, -0.2) is 5.01 Å². The predicted octanol–water partition coefficient (Wildman–Crippen LogP) is 2.97. The number of likely N-dealkylation sites (N-methyl/N-ethyl adjacent to an activating group) is 1. The van der Waals surface area contributed by atoms with E-state index in [0.717, 1.165) is 30.5 Å². The second kappa shape index (κ2) is 14.1. The number of benzene rings is 2. The number of carbonyl (C=O) groups is 4. The Hall–Kier alpha value is -3.92. The molecule has 4 amide bonds. The summed E-state index contributed by atoms with van der Waals surface area (Å²) in [4.78, 5) is 53.9. The van der Waals surface area contributed by atoms with E-state index in [-0.39, 0.29) is 51.2 Å². The van der Waals surface area contributed by atoms with Crippen LogP contribution in [-0.4, -0.2) is 66.9 Å². The van der Waals surface area contributed by atoms with Crippen LogP contribution in [-0.2, 0) is 32.3 Å². The minimum absolute atomic E-state index is 0. The van der Waals surface area contributed by atoms with Crippen molar-refractivity contribution in [1.82, 2.24) is 15.3 Å². The van der Waals surface area contributed by atoms with E-state index in [1.807, 2.05) is 36.2 Å². The Labute approximate surface area is 243 Å². The number of nitrogens with one attached hydrogen (secondary N) is 1. The zero-order valence-electron chi connectivity index (χ0n) is 23.7. The van der Waals surface area contributed by atoms with E-state index >= 15 is 0 Å². The SMILES string of the molecule is C.CCCCCNC(=O)CN(CC(=O)N(C)N1Cc2ccccc2C1)c1ccc(N2CC(C(N)=O)CC2=O)cc1C. The molecule has 1 atom stereocenters. The van der Waals surface area contributed by atoms with Crippen molar-refractivity contribution in [2.75, 3.05) is 43.0 Å². The number of hydrogen-bond donors (Lipinski definition) is 2. The molecule has 2 aromatic carbocycles. The zero-order chi connectivity index (χ0) is 28.8. The van der Waals surface area contributed by atoms with Gasteiger partial charge in [-0.1, -0.05) is 51.5 Å². The second-order valence-electron chi connectivity index (χ2n) is 10.7. The fraction of sp³-hybridized carbons (Fsp3) is 0.484. The van der Waals surface area contributed by atoms with Gasteiger partial charge >= 0.3 is 0 Å². The molecule has 1 fully saturated rings. The maximum absolute atomic E-state index is 13.5. The van der Waals surface area contributed by atoms with E-state index in [9.17, 15) is 19.2 Å². The van der Waals surface area contributed by atoms with Crippen LogP contribution in [0.15, 0.2) is 42.5 Å². The van der Waals surface area contributed by atoms with Gasteiger partial charge in [0.05, 0.1) is 19.0 Å². The maximum Gasteiger partial charge on any atom is 0.256 e. The molecular weight excluding hydrogens is 520 g/mol. The van der Waals surface area contributed by atoms with E-state index in [4.69, 9.17) is 5.73 Å². The molecule has 3 N–H and O–H groups in total. The number of primary amides is 1. The van der Waals surface area contributed by atoms with E-state index in [0.29, 0.717) is 25.3 Å². The summed E-state index contributed by atoms with van der Waals surface area (Å²) in [7, 11) is 1.77. The summed E-state index contributed by atoms with van der Waals surface area (Å²) >= 11 is 0. The molecule has 0 aliphatic carbocycles. The third-order valence-electron chi connectivity index (χ3n) is 7.73. The summed E-state index contributed by atoms with van der Waals surface area (Å²) in [6.45, 7) is 6.19. The number of amides is 4. The number of unbranched alkanes of at least 4 members (excludes halogenated alkanes) is 2. The molecule has 0 bridgehead atoms. The monoisotopic (exact) mass is 564 g/mol. The molecule has 2 heterocycles. The fourth-order valence-corrected chi connectivity index (χ4v) is 5.32. The zero-order valence-corrected chi connectivity index (χ0v) is 23.7. The van der Waals surface area contributed by atoms with Gasteiger partial charge in [0.25, 0.3) is 5.91 Å². The summed E-state index contributed by atoms with van der Waals surface area (Å²) in [5.74, 6) is -1.42. The standard InChI is InChI=1S/C30H40N6O4.CH4/c1-4-5-8-13-32-27(37)19-34(20-29(39)33(3)35-16-22-9-6-7-10-23(22)17-35)26-12-11-25(14-21(26)2)36-18-24(30(31)40)15-28(36)38;/h6-7,9-12,14,24H,4-5,8,13,15-20H2,1-3H3,(H2,31,40)(H,32,37);1H4. The lowest BCUT2D eigenvalue weighted by molar-refractivity contribution is -0.145. The Morgan fingerprint density at radius 1 is 1.05 bits per heavy atom. The van der Waals surface area contributed by atoms with E-state index in [1.165, 1.54) is 11.1 Å². The number of hydrazine groups is 1. The van der Waals surface area contributed by atoms with Gasteiger partial charge in [-0.3, -0.25) is 24.2 Å². The van der Waals surface area contributed by atoms with Crippen molar-refractivity contribution in [2.45, 2.75) is 60.0 Å². The van der Waals surface area contributed by atoms with Crippen LogP contribution in [0, 0.1) is 12.8 Å². The first kappa shape index (κ1) is 31.6. The number of rotatable bonds is 12. The van der Waals surface area contributed by atoms with Crippen LogP contribution in [0.3, 0.4) is 0 Å².